The maximum Gasteiger partial charge on any atom is 0.321 e. The van der Waals surface area contributed by atoms with E-state index in [2.05, 4.69) is 0 Å². The van der Waals surface area contributed by atoms with Crippen molar-refractivity contribution in [3.63, 3.8) is 0 Å². The van der Waals surface area contributed by atoms with Crippen LogP contribution in [0.1, 0.15) is 27.6 Å². The Morgan fingerprint density at radius 2 is 2.06 bits per heavy atom. The van der Waals surface area contributed by atoms with Crippen molar-refractivity contribution in [3.8, 4) is 5.75 Å². The monoisotopic (exact) mass is 223 g/mol. The predicted molar refractivity (Wildman–Crippen MR) is 55.0 cm³/mol. The number of nitro benzene ring substituents is 1. The third-order valence-corrected chi connectivity index (χ3v) is 1.87. The van der Waals surface area contributed by atoms with Gasteiger partial charge in [-0.05, 0) is 19.1 Å². The molecule has 1 aromatic carbocycles. The fraction of sp³-hybridized carbons (Fsp3) is 0.200. The van der Waals surface area contributed by atoms with Crippen LogP contribution in [0, 0.1) is 10.1 Å². The van der Waals surface area contributed by atoms with Crippen LogP contribution in [0.25, 0.3) is 0 Å². The van der Waals surface area contributed by atoms with Crippen molar-refractivity contribution in [2.75, 3.05) is 6.61 Å². The molecule has 0 fully saturated rings. The van der Waals surface area contributed by atoms with Crippen LogP contribution in [0.4, 0.5) is 5.69 Å². The molecule has 0 aliphatic rings. The van der Waals surface area contributed by atoms with Crippen molar-refractivity contribution in [3.05, 3.63) is 33.4 Å². The molecule has 0 bridgehead atoms. The van der Waals surface area contributed by atoms with Gasteiger partial charge in [0.25, 0.3) is 0 Å². The van der Waals surface area contributed by atoms with Gasteiger partial charge in [0.15, 0.2) is 12.0 Å². The van der Waals surface area contributed by atoms with Crippen molar-refractivity contribution in [2.24, 2.45) is 0 Å². The maximum atomic E-state index is 10.8. The molecule has 0 amide bonds. The van der Waals surface area contributed by atoms with Crippen molar-refractivity contribution < 1.29 is 19.2 Å². The average Bonchev–Trinajstić information content (AvgIpc) is 2.27. The molecule has 6 nitrogen and oxygen atoms in total. The molecule has 16 heavy (non-hydrogen) atoms. The van der Waals surface area contributed by atoms with E-state index < -0.39 is 10.6 Å². The number of aldehydes is 2. The number of ether oxygens (including phenoxy) is 1. The molecule has 0 aliphatic carbocycles. The van der Waals surface area contributed by atoms with Crippen LogP contribution in [-0.4, -0.2) is 24.1 Å². The number of carbonyl (C=O) groups is 2. The van der Waals surface area contributed by atoms with Crippen LogP contribution in [0.5, 0.6) is 5.75 Å². The quantitative estimate of drug-likeness (QED) is 0.430. The summed E-state index contributed by atoms with van der Waals surface area (Å²) in [5.41, 5.74) is -0.420. The minimum atomic E-state index is -0.705. The van der Waals surface area contributed by atoms with E-state index in [9.17, 15) is 19.7 Å². The molecule has 0 heterocycles. The van der Waals surface area contributed by atoms with Crippen LogP contribution in [0.2, 0.25) is 0 Å². The molecule has 1 rings (SSSR count). The molecule has 6 heteroatoms. The third kappa shape index (κ3) is 2.22. The minimum absolute atomic E-state index is 0.0702. The summed E-state index contributed by atoms with van der Waals surface area (Å²) >= 11 is 0. The molecule has 0 N–H and O–H groups in total. The van der Waals surface area contributed by atoms with Crippen molar-refractivity contribution >= 4 is 18.3 Å². The van der Waals surface area contributed by atoms with Gasteiger partial charge in [-0.3, -0.25) is 19.7 Å². The highest BCUT2D eigenvalue weighted by Gasteiger charge is 2.22. The summed E-state index contributed by atoms with van der Waals surface area (Å²) in [4.78, 5) is 31.3. The molecular weight excluding hydrogens is 214 g/mol. The minimum Gasteiger partial charge on any atom is -0.487 e. The van der Waals surface area contributed by atoms with Crippen molar-refractivity contribution in [1.82, 2.24) is 0 Å². The number of benzene rings is 1. The third-order valence-electron chi connectivity index (χ3n) is 1.87. The van der Waals surface area contributed by atoms with E-state index >= 15 is 0 Å². The van der Waals surface area contributed by atoms with Crippen LogP contribution in [0.3, 0.4) is 0 Å². The summed E-state index contributed by atoms with van der Waals surface area (Å²) in [5, 5.41) is 10.8. The van der Waals surface area contributed by atoms with Gasteiger partial charge in [0.2, 0.25) is 0 Å². The second-order valence-electron chi connectivity index (χ2n) is 2.88. The van der Waals surface area contributed by atoms with Crippen molar-refractivity contribution in [1.29, 1.82) is 0 Å². The van der Waals surface area contributed by atoms with E-state index in [1.807, 2.05) is 0 Å². The molecule has 0 aliphatic heterocycles. The average molecular weight is 223 g/mol. The Morgan fingerprint density at radius 3 is 2.50 bits per heavy atom. The van der Waals surface area contributed by atoms with E-state index in [0.717, 1.165) is 6.07 Å². The Morgan fingerprint density at radius 1 is 1.38 bits per heavy atom. The molecule has 1 aromatic rings. The first-order valence-corrected chi connectivity index (χ1v) is 4.49. The Hall–Kier alpha value is -2.24. The molecular formula is C10H9NO5. The zero-order valence-corrected chi connectivity index (χ0v) is 8.50. The first-order valence-electron chi connectivity index (χ1n) is 4.49. The van der Waals surface area contributed by atoms with Gasteiger partial charge in [-0.25, -0.2) is 0 Å². The summed E-state index contributed by atoms with van der Waals surface area (Å²) in [6, 6.07) is 2.39. The number of rotatable bonds is 5. The molecule has 0 saturated heterocycles. The van der Waals surface area contributed by atoms with E-state index in [1.165, 1.54) is 6.07 Å². The molecule has 0 unspecified atom stereocenters. The van der Waals surface area contributed by atoms with Crippen molar-refractivity contribution in [2.45, 2.75) is 6.92 Å². The highest BCUT2D eigenvalue weighted by molar-refractivity contribution is 5.88. The van der Waals surface area contributed by atoms with Crippen LogP contribution < -0.4 is 4.74 Å². The predicted octanol–water partition coefficient (Wildman–Crippen LogP) is 1.62. The lowest BCUT2D eigenvalue weighted by molar-refractivity contribution is -0.386. The van der Waals surface area contributed by atoms with E-state index in [0.29, 0.717) is 12.6 Å². The molecule has 0 saturated carbocycles. The largest absolute Gasteiger partial charge is 0.487 e. The fourth-order valence-corrected chi connectivity index (χ4v) is 1.27. The normalized spacial score (nSPS) is 9.56. The SMILES string of the molecule is CCOc1cc(C=O)cc(C=O)c1[N+](=O)[O-]. The van der Waals surface area contributed by atoms with Crippen LogP contribution in [0.15, 0.2) is 12.1 Å². The number of nitrogens with zero attached hydrogens (tertiary/aromatic N) is 1. The summed E-state index contributed by atoms with van der Waals surface area (Å²) in [6.45, 7) is 1.86. The lowest BCUT2D eigenvalue weighted by Crippen LogP contribution is -2.02. The summed E-state index contributed by atoms with van der Waals surface area (Å²) in [5.74, 6) is -0.0702. The maximum absolute atomic E-state index is 10.8. The highest BCUT2D eigenvalue weighted by atomic mass is 16.6. The summed E-state index contributed by atoms with van der Waals surface area (Å²) < 4.78 is 5.02. The summed E-state index contributed by atoms with van der Waals surface area (Å²) in [7, 11) is 0. The van der Waals surface area contributed by atoms with E-state index in [4.69, 9.17) is 4.74 Å². The second-order valence-corrected chi connectivity index (χ2v) is 2.88. The van der Waals surface area contributed by atoms with E-state index in [-0.39, 0.29) is 23.5 Å². The zero-order chi connectivity index (χ0) is 12.1. The van der Waals surface area contributed by atoms with Gasteiger partial charge in [0.05, 0.1) is 17.1 Å². The Balaban J connectivity index is 3.46. The number of hydrogen-bond donors (Lipinski definition) is 0. The standard InChI is InChI=1S/C10H9NO5/c1-2-16-9-4-7(5-12)3-8(6-13)10(9)11(14)15/h3-6H,2H2,1H3. The highest BCUT2D eigenvalue weighted by Crippen LogP contribution is 2.31. The van der Waals surface area contributed by atoms with Gasteiger partial charge >= 0.3 is 5.69 Å². The zero-order valence-electron chi connectivity index (χ0n) is 8.50. The van der Waals surface area contributed by atoms with Gasteiger partial charge in [-0.1, -0.05) is 0 Å². The van der Waals surface area contributed by atoms with E-state index in [1.54, 1.807) is 6.92 Å². The first-order chi connectivity index (χ1) is 7.63. The van der Waals surface area contributed by atoms with Gasteiger partial charge in [-0.2, -0.15) is 0 Å². The topological polar surface area (TPSA) is 86.5 Å². The summed E-state index contributed by atoms with van der Waals surface area (Å²) in [6.07, 6.45) is 0.826. The van der Waals surface area contributed by atoms with Gasteiger partial charge in [0.1, 0.15) is 6.29 Å². The van der Waals surface area contributed by atoms with Gasteiger partial charge in [-0.15, -0.1) is 0 Å². The number of carbonyl (C=O) groups excluding carboxylic acids is 2. The van der Waals surface area contributed by atoms with Gasteiger partial charge < -0.3 is 4.74 Å². The first kappa shape index (κ1) is 11.8. The molecule has 0 spiro atoms. The molecule has 0 aromatic heterocycles. The fourth-order valence-electron chi connectivity index (χ4n) is 1.27. The second kappa shape index (κ2) is 5.01. The molecule has 0 atom stereocenters. The Labute approximate surface area is 91.0 Å². The number of hydrogen-bond acceptors (Lipinski definition) is 5. The van der Waals surface area contributed by atoms with Crippen LogP contribution >= 0.6 is 0 Å². The smallest absolute Gasteiger partial charge is 0.321 e. The lowest BCUT2D eigenvalue weighted by atomic mass is 10.1. The molecule has 0 radical (unpaired) electrons. The van der Waals surface area contributed by atoms with Crippen LogP contribution in [-0.2, 0) is 0 Å². The Kier molecular flexibility index (Phi) is 3.71. The lowest BCUT2D eigenvalue weighted by Gasteiger charge is -2.06. The molecule has 84 valence electrons. The Bertz CT molecular complexity index is 441. The number of nitro groups is 1. The van der Waals surface area contributed by atoms with Gasteiger partial charge in [0, 0.05) is 5.56 Å².